The van der Waals surface area contributed by atoms with E-state index in [0.29, 0.717) is 23.4 Å². The molecule has 0 aliphatic heterocycles. The second-order valence-corrected chi connectivity index (χ2v) is 7.60. The van der Waals surface area contributed by atoms with E-state index in [9.17, 15) is 0 Å². The van der Waals surface area contributed by atoms with Crippen molar-refractivity contribution in [2.75, 3.05) is 0 Å². The molecule has 0 spiro atoms. The predicted molar refractivity (Wildman–Crippen MR) is 112 cm³/mol. The summed E-state index contributed by atoms with van der Waals surface area (Å²) in [6.45, 7) is 8.30. The monoisotopic (exact) mass is 385 g/mol. The summed E-state index contributed by atoms with van der Waals surface area (Å²) in [6.07, 6.45) is 0. The van der Waals surface area contributed by atoms with E-state index in [4.69, 9.17) is 9.15 Å². The first-order valence-electron chi connectivity index (χ1n) is 9.55. The Morgan fingerprint density at radius 2 is 1.45 bits per heavy atom. The molecule has 5 nitrogen and oxygen atoms in total. The van der Waals surface area contributed by atoms with Crippen LogP contribution in [0, 0.1) is 13.8 Å². The van der Waals surface area contributed by atoms with Crippen LogP contribution in [0.5, 0.6) is 11.6 Å². The van der Waals surface area contributed by atoms with Crippen molar-refractivity contribution in [1.82, 2.24) is 15.2 Å². The van der Waals surface area contributed by atoms with Gasteiger partial charge in [0.25, 0.3) is 5.89 Å². The van der Waals surface area contributed by atoms with Gasteiger partial charge in [0.05, 0.1) is 0 Å². The minimum absolute atomic E-state index is 0.0970. The van der Waals surface area contributed by atoms with Crippen LogP contribution in [-0.4, -0.2) is 15.2 Å². The third-order valence-electron chi connectivity index (χ3n) is 5.04. The molecular formula is C24H23N3O2. The number of pyridine rings is 1. The number of aromatic nitrogens is 3. The second-order valence-electron chi connectivity index (χ2n) is 7.60. The lowest BCUT2D eigenvalue weighted by molar-refractivity contribution is 0.461. The van der Waals surface area contributed by atoms with E-state index in [0.717, 1.165) is 5.75 Å². The van der Waals surface area contributed by atoms with E-state index in [1.54, 1.807) is 13.0 Å². The minimum atomic E-state index is -0.0970. The average Bonchev–Trinajstić information content (AvgIpc) is 3.15. The Morgan fingerprint density at radius 1 is 0.793 bits per heavy atom. The zero-order valence-corrected chi connectivity index (χ0v) is 17.0. The van der Waals surface area contributed by atoms with Gasteiger partial charge in [0.2, 0.25) is 11.8 Å². The average molecular weight is 385 g/mol. The Hall–Kier alpha value is -3.47. The Balaban J connectivity index is 1.53. The summed E-state index contributed by atoms with van der Waals surface area (Å²) in [5, 5.41) is 7.84. The molecule has 0 unspecified atom stereocenters. The van der Waals surface area contributed by atoms with Crippen LogP contribution in [0.3, 0.4) is 0 Å². The molecule has 0 aliphatic carbocycles. The number of nitrogens with zero attached hydrogens (tertiary/aromatic N) is 3. The van der Waals surface area contributed by atoms with Crippen molar-refractivity contribution >= 4 is 0 Å². The molecule has 0 radical (unpaired) electrons. The molecule has 2 aromatic carbocycles. The fourth-order valence-corrected chi connectivity index (χ4v) is 3.19. The summed E-state index contributed by atoms with van der Waals surface area (Å²) in [4.78, 5) is 4.46. The molecule has 0 fully saturated rings. The molecule has 29 heavy (non-hydrogen) atoms. The van der Waals surface area contributed by atoms with E-state index >= 15 is 0 Å². The second kappa shape index (κ2) is 7.51. The van der Waals surface area contributed by atoms with Crippen LogP contribution in [-0.2, 0) is 5.41 Å². The highest BCUT2D eigenvalue weighted by Gasteiger charge is 2.23. The zero-order chi connectivity index (χ0) is 20.4. The molecule has 146 valence electrons. The number of rotatable bonds is 5. The first-order chi connectivity index (χ1) is 13.9. The number of ether oxygens (including phenoxy) is 1. The lowest BCUT2D eigenvalue weighted by Crippen LogP contribution is -2.18. The van der Waals surface area contributed by atoms with Crippen LogP contribution < -0.4 is 4.74 Å². The molecule has 2 heterocycles. The van der Waals surface area contributed by atoms with E-state index in [1.165, 1.54) is 16.7 Å². The van der Waals surface area contributed by atoms with Crippen LogP contribution in [0.25, 0.3) is 11.6 Å². The van der Waals surface area contributed by atoms with Gasteiger partial charge in [-0.3, -0.25) is 0 Å². The molecule has 0 atom stereocenters. The number of benzene rings is 2. The van der Waals surface area contributed by atoms with Crippen molar-refractivity contribution in [3.63, 3.8) is 0 Å². The van der Waals surface area contributed by atoms with Crippen molar-refractivity contribution in [3.05, 3.63) is 89.3 Å². The van der Waals surface area contributed by atoms with Crippen LogP contribution in [0.15, 0.2) is 71.1 Å². The van der Waals surface area contributed by atoms with Crippen LogP contribution in [0.4, 0.5) is 0 Å². The van der Waals surface area contributed by atoms with Gasteiger partial charge in [-0.05, 0) is 36.2 Å². The fraction of sp³-hybridized carbons (Fsp3) is 0.208. The van der Waals surface area contributed by atoms with Crippen molar-refractivity contribution in [2.45, 2.75) is 33.1 Å². The topological polar surface area (TPSA) is 61.0 Å². The standard InChI is InChI=1S/C24H23N3O2/c1-16-8-10-18(11-9-16)24(3,4)19-12-14-20(15-13-19)29-22-7-5-6-21(25-22)23-27-26-17(2)28-23/h5-15H,1-4H3. The molecular weight excluding hydrogens is 362 g/mol. The van der Waals surface area contributed by atoms with Gasteiger partial charge in [-0.1, -0.05) is 61.9 Å². The molecule has 0 saturated carbocycles. The van der Waals surface area contributed by atoms with Crippen molar-refractivity contribution in [1.29, 1.82) is 0 Å². The molecule has 0 saturated heterocycles. The summed E-state index contributed by atoms with van der Waals surface area (Å²) in [5.74, 6) is 2.08. The molecule has 4 aromatic rings. The maximum atomic E-state index is 5.94. The number of hydrogen-bond acceptors (Lipinski definition) is 5. The summed E-state index contributed by atoms with van der Waals surface area (Å²) in [6, 6.07) is 22.3. The molecule has 0 amide bonds. The fourth-order valence-electron chi connectivity index (χ4n) is 3.19. The lowest BCUT2D eigenvalue weighted by Gasteiger charge is -2.26. The predicted octanol–water partition coefficient (Wildman–Crippen LogP) is 5.87. The highest BCUT2D eigenvalue weighted by Crippen LogP contribution is 2.33. The molecule has 5 heteroatoms. The van der Waals surface area contributed by atoms with Gasteiger partial charge in [-0.15, -0.1) is 10.2 Å². The van der Waals surface area contributed by atoms with Crippen molar-refractivity contribution in [3.8, 4) is 23.2 Å². The smallest absolute Gasteiger partial charge is 0.266 e. The number of hydrogen-bond donors (Lipinski definition) is 0. The van der Waals surface area contributed by atoms with E-state index in [-0.39, 0.29) is 5.41 Å². The SMILES string of the molecule is Cc1ccc(C(C)(C)c2ccc(Oc3cccc(-c4nnc(C)o4)n3)cc2)cc1. The van der Waals surface area contributed by atoms with E-state index in [2.05, 4.69) is 72.4 Å². The van der Waals surface area contributed by atoms with Crippen molar-refractivity contribution in [2.24, 2.45) is 0 Å². The van der Waals surface area contributed by atoms with Crippen molar-refractivity contribution < 1.29 is 9.15 Å². The first kappa shape index (κ1) is 18.9. The molecule has 0 N–H and O–H groups in total. The van der Waals surface area contributed by atoms with Gasteiger partial charge in [-0.25, -0.2) is 4.98 Å². The molecule has 0 aliphatic rings. The Kier molecular flexibility index (Phi) is 4.89. The Morgan fingerprint density at radius 3 is 2.07 bits per heavy atom. The third kappa shape index (κ3) is 4.04. The van der Waals surface area contributed by atoms with Crippen LogP contribution in [0.1, 0.15) is 36.4 Å². The summed E-state index contributed by atoms with van der Waals surface area (Å²) in [7, 11) is 0. The van der Waals surface area contributed by atoms with Crippen LogP contribution >= 0.6 is 0 Å². The lowest BCUT2D eigenvalue weighted by atomic mass is 9.78. The maximum absolute atomic E-state index is 5.94. The van der Waals surface area contributed by atoms with Gasteiger partial charge in [0.1, 0.15) is 11.4 Å². The highest BCUT2D eigenvalue weighted by molar-refractivity contribution is 5.48. The first-order valence-corrected chi connectivity index (χ1v) is 9.55. The molecule has 0 bridgehead atoms. The number of aryl methyl sites for hydroxylation is 2. The normalized spacial score (nSPS) is 11.4. The summed E-state index contributed by atoms with van der Waals surface area (Å²) >= 11 is 0. The van der Waals surface area contributed by atoms with E-state index < -0.39 is 0 Å². The van der Waals surface area contributed by atoms with Gasteiger partial charge in [0, 0.05) is 18.4 Å². The maximum Gasteiger partial charge on any atom is 0.266 e. The highest BCUT2D eigenvalue weighted by atomic mass is 16.5. The molecule has 4 rings (SSSR count). The minimum Gasteiger partial charge on any atom is -0.439 e. The zero-order valence-electron chi connectivity index (χ0n) is 17.0. The Labute approximate surface area is 170 Å². The molecule has 2 aromatic heterocycles. The quantitative estimate of drug-likeness (QED) is 0.430. The third-order valence-corrected chi connectivity index (χ3v) is 5.04. The van der Waals surface area contributed by atoms with Gasteiger partial charge in [0.15, 0.2) is 0 Å². The summed E-state index contributed by atoms with van der Waals surface area (Å²) in [5.41, 5.74) is 4.25. The van der Waals surface area contributed by atoms with Gasteiger partial charge < -0.3 is 9.15 Å². The summed E-state index contributed by atoms with van der Waals surface area (Å²) < 4.78 is 11.4. The largest absolute Gasteiger partial charge is 0.439 e. The van der Waals surface area contributed by atoms with Crippen LogP contribution in [0.2, 0.25) is 0 Å². The van der Waals surface area contributed by atoms with Gasteiger partial charge in [-0.2, -0.15) is 0 Å². The van der Waals surface area contributed by atoms with E-state index in [1.807, 2.05) is 24.3 Å². The van der Waals surface area contributed by atoms with Gasteiger partial charge >= 0.3 is 0 Å². The Bertz CT molecular complexity index is 1110.